The number of nitrogens with one attached hydrogen (secondary N) is 1. The molecule has 0 saturated carbocycles. The second-order valence-electron chi connectivity index (χ2n) is 4.54. The number of benzene rings is 1. The zero-order valence-corrected chi connectivity index (χ0v) is 11.5. The summed E-state index contributed by atoms with van der Waals surface area (Å²) in [6.45, 7) is 4.82. The third kappa shape index (κ3) is 5.84. The molecule has 0 aliphatic rings. The van der Waals surface area contributed by atoms with Crippen LogP contribution in [0.4, 0.5) is 0 Å². The Morgan fingerprint density at radius 1 is 1.35 bits per heavy atom. The molecule has 0 radical (unpaired) electrons. The van der Waals surface area contributed by atoms with Crippen LogP contribution in [0.15, 0.2) is 24.3 Å². The monoisotopic (exact) mass is 255 g/mol. The fourth-order valence-corrected chi connectivity index (χ4v) is 2.93. The Morgan fingerprint density at radius 3 is 2.59 bits per heavy atom. The number of likely N-dealkylation sites (N-methyl/N-ethyl adjacent to an activating group) is 1. The van der Waals surface area contributed by atoms with Crippen molar-refractivity contribution < 1.29 is 8.42 Å². The smallest absolute Gasteiger partial charge is 0.148 e. The van der Waals surface area contributed by atoms with E-state index in [0.29, 0.717) is 0 Å². The van der Waals surface area contributed by atoms with Gasteiger partial charge < -0.3 is 5.32 Å². The van der Waals surface area contributed by atoms with Crippen molar-refractivity contribution in [3.8, 4) is 0 Å². The minimum atomic E-state index is -2.94. The van der Waals surface area contributed by atoms with Crippen molar-refractivity contribution in [2.24, 2.45) is 0 Å². The molecule has 96 valence electrons. The van der Waals surface area contributed by atoms with E-state index in [2.05, 4.69) is 11.4 Å². The van der Waals surface area contributed by atoms with Crippen molar-refractivity contribution in [1.82, 2.24) is 5.32 Å². The van der Waals surface area contributed by atoms with Gasteiger partial charge in [0.25, 0.3) is 0 Å². The molecule has 1 aromatic carbocycles. The number of rotatable bonds is 6. The van der Waals surface area contributed by atoms with Crippen LogP contribution in [-0.2, 0) is 16.3 Å². The maximum Gasteiger partial charge on any atom is 0.148 e. The van der Waals surface area contributed by atoms with Gasteiger partial charge in [-0.1, -0.05) is 36.8 Å². The van der Waals surface area contributed by atoms with Crippen molar-refractivity contribution in [3.63, 3.8) is 0 Å². The van der Waals surface area contributed by atoms with Crippen molar-refractivity contribution in [3.05, 3.63) is 35.4 Å². The summed E-state index contributed by atoms with van der Waals surface area (Å²) in [7, 11) is -2.94. The van der Waals surface area contributed by atoms with Crippen molar-refractivity contribution >= 4 is 9.84 Å². The highest BCUT2D eigenvalue weighted by molar-refractivity contribution is 7.90. The average molecular weight is 255 g/mol. The highest BCUT2D eigenvalue weighted by atomic mass is 32.2. The predicted molar refractivity (Wildman–Crippen MR) is 72.1 cm³/mol. The first-order valence-electron chi connectivity index (χ1n) is 5.87. The summed E-state index contributed by atoms with van der Waals surface area (Å²) in [5, 5.41) is 3.23. The Labute approximate surface area is 104 Å². The maximum absolute atomic E-state index is 11.3. The SMILES string of the molecule is CCNC(Cc1cccc(C)c1)CS(C)(=O)=O. The van der Waals surface area contributed by atoms with Crippen LogP contribution in [-0.4, -0.2) is 33.0 Å². The second-order valence-corrected chi connectivity index (χ2v) is 6.73. The first-order valence-corrected chi connectivity index (χ1v) is 7.93. The van der Waals surface area contributed by atoms with E-state index in [4.69, 9.17) is 0 Å². The normalized spacial score (nSPS) is 13.6. The topological polar surface area (TPSA) is 46.2 Å². The third-order valence-electron chi connectivity index (χ3n) is 2.56. The van der Waals surface area contributed by atoms with Crippen LogP contribution >= 0.6 is 0 Å². The molecule has 0 aromatic heterocycles. The molecule has 0 aliphatic heterocycles. The van der Waals surface area contributed by atoms with E-state index >= 15 is 0 Å². The lowest BCUT2D eigenvalue weighted by atomic mass is 10.0. The zero-order valence-electron chi connectivity index (χ0n) is 10.7. The first kappa shape index (κ1) is 14.2. The van der Waals surface area contributed by atoms with E-state index in [1.165, 1.54) is 17.4 Å². The zero-order chi connectivity index (χ0) is 12.9. The highest BCUT2D eigenvalue weighted by Gasteiger charge is 2.14. The Morgan fingerprint density at radius 2 is 2.06 bits per heavy atom. The quantitative estimate of drug-likeness (QED) is 0.839. The molecule has 0 bridgehead atoms. The number of sulfone groups is 1. The van der Waals surface area contributed by atoms with Gasteiger partial charge in [-0.2, -0.15) is 0 Å². The molecule has 0 heterocycles. The molecule has 4 heteroatoms. The molecule has 0 aliphatic carbocycles. The molecule has 1 N–H and O–H groups in total. The molecule has 1 rings (SSSR count). The molecule has 1 unspecified atom stereocenters. The molecule has 1 aromatic rings. The van der Waals surface area contributed by atoms with Crippen molar-refractivity contribution in [2.75, 3.05) is 18.6 Å². The summed E-state index contributed by atoms with van der Waals surface area (Å²) < 4.78 is 22.7. The number of hydrogen-bond donors (Lipinski definition) is 1. The van der Waals surface area contributed by atoms with E-state index < -0.39 is 9.84 Å². The van der Waals surface area contributed by atoms with E-state index in [9.17, 15) is 8.42 Å². The second kappa shape index (κ2) is 6.17. The molecule has 1 atom stereocenters. The third-order valence-corrected chi connectivity index (χ3v) is 3.57. The summed E-state index contributed by atoms with van der Waals surface area (Å²) in [4.78, 5) is 0. The average Bonchev–Trinajstić information content (AvgIpc) is 2.15. The molecule has 3 nitrogen and oxygen atoms in total. The van der Waals surface area contributed by atoms with Gasteiger partial charge in [0.15, 0.2) is 0 Å². The van der Waals surface area contributed by atoms with Crippen LogP contribution in [0.2, 0.25) is 0 Å². The van der Waals surface area contributed by atoms with Gasteiger partial charge in [-0.15, -0.1) is 0 Å². The minimum absolute atomic E-state index is 0.00296. The standard InChI is InChI=1S/C13H21NO2S/c1-4-14-13(10-17(3,15)16)9-12-7-5-6-11(2)8-12/h5-8,13-14H,4,9-10H2,1-3H3. The van der Waals surface area contributed by atoms with E-state index in [1.807, 2.05) is 32.0 Å². The number of aryl methyl sites for hydroxylation is 1. The van der Waals surface area contributed by atoms with Crippen LogP contribution in [0.5, 0.6) is 0 Å². The molecule has 0 saturated heterocycles. The first-order chi connectivity index (χ1) is 7.90. The molecule has 0 fully saturated rings. The summed E-state index contributed by atoms with van der Waals surface area (Å²) in [5.41, 5.74) is 2.39. The van der Waals surface area contributed by atoms with Crippen LogP contribution in [0.25, 0.3) is 0 Å². The van der Waals surface area contributed by atoms with Gasteiger partial charge in [0.1, 0.15) is 9.84 Å². The van der Waals surface area contributed by atoms with Gasteiger partial charge in [0.2, 0.25) is 0 Å². The summed E-state index contributed by atoms with van der Waals surface area (Å²) in [5.74, 6) is 0.189. The highest BCUT2D eigenvalue weighted by Crippen LogP contribution is 2.08. The fourth-order valence-electron chi connectivity index (χ4n) is 1.97. The Balaban J connectivity index is 2.73. The lowest BCUT2D eigenvalue weighted by molar-refractivity contribution is 0.545. The van der Waals surface area contributed by atoms with Crippen LogP contribution in [0, 0.1) is 6.92 Å². The van der Waals surface area contributed by atoms with E-state index in [-0.39, 0.29) is 11.8 Å². The van der Waals surface area contributed by atoms with Crippen LogP contribution < -0.4 is 5.32 Å². The largest absolute Gasteiger partial charge is 0.313 e. The Hall–Kier alpha value is -0.870. The molecule has 17 heavy (non-hydrogen) atoms. The molecular formula is C13H21NO2S. The van der Waals surface area contributed by atoms with Gasteiger partial charge in [-0.3, -0.25) is 0 Å². The van der Waals surface area contributed by atoms with Gasteiger partial charge >= 0.3 is 0 Å². The summed E-state index contributed by atoms with van der Waals surface area (Å²) in [6, 6.07) is 8.19. The molecule has 0 amide bonds. The van der Waals surface area contributed by atoms with Crippen molar-refractivity contribution in [1.29, 1.82) is 0 Å². The Bertz CT molecular complexity index is 454. The minimum Gasteiger partial charge on any atom is -0.313 e. The van der Waals surface area contributed by atoms with Gasteiger partial charge in [-0.25, -0.2) is 8.42 Å². The lowest BCUT2D eigenvalue weighted by Gasteiger charge is -2.17. The Kier molecular flexibility index (Phi) is 5.15. The lowest BCUT2D eigenvalue weighted by Crippen LogP contribution is -2.37. The van der Waals surface area contributed by atoms with E-state index in [0.717, 1.165) is 13.0 Å². The molecule has 0 spiro atoms. The van der Waals surface area contributed by atoms with Crippen LogP contribution in [0.1, 0.15) is 18.1 Å². The van der Waals surface area contributed by atoms with E-state index in [1.54, 1.807) is 0 Å². The fraction of sp³-hybridized carbons (Fsp3) is 0.538. The van der Waals surface area contributed by atoms with Gasteiger partial charge in [-0.05, 0) is 25.5 Å². The van der Waals surface area contributed by atoms with Gasteiger partial charge in [0, 0.05) is 12.3 Å². The maximum atomic E-state index is 11.3. The molecular weight excluding hydrogens is 234 g/mol. The number of hydrogen-bond acceptors (Lipinski definition) is 3. The van der Waals surface area contributed by atoms with Gasteiger partial charge in [0.05, 0.1) is 5.75 Å². The summed E-state index contributed by atoms with van der Waals surface area (Å²) in [6.07, 6.45) is 2.04. The predicted octanol–water partition coefficient (Wildman–Crippen LogP) is 1.56. The van der Waals surface area contributed by atoms with Crippen molar-refractivity contribution in [2.45, 2.75) is 26.3 Å². The van der Waals surface area contributed by atoms with Crippen LogP contribution in [0.3, 0.4) is 0 Å². The summed E-state index contributed by atoms with van der Waals surface area (Å²) >= 11 is 0.